The van der Waals surface area contributed by atoms with Crippen LogP contribution < -0.4 is 0 Å². The Morgan fingerprint density at radius 3 is 2.33 bits per heavy atom. The third kappa shape index (κ3) is 1.55. The third-order valence-electron chi connectivity index (χ3n) is 1.24. The van der Waals surface area contributed by atoms with Crippen LogP contribution in [-0.4, -0.2) is 15.0 Å². The summed E-state index contributed by atoms with van der Waals surface area (Å²) in [6, 6.07) is 3.73. The molecule has 0 saturated carbocycles. The zero-order chi connectivity index (χ0) is 8.81. The lowest BCUT2D eigenvalue weighted by Crippen LogP contribution is -1.83. The minimum absolute atomic E-state index is 0.699. The van der Waals surface area contributed by atoms with Crippen LogP contribution in [-0.2, 0) is 0 Å². The van der Waals surface area contributed by atoms with Crippen LogP contribution in [0.5, 0.6) is 0 Å². The minimum atomic E-state index is 0.699. The Morgan fingerprint density at radius 2 is 1.58 bits per heavy atom. The fraction of sp³-hybridized carbons (Fsp3) is 0. The van der Waals surface area contributed by atoms with Crippen molar-refractivity contribution < 1.29 is 0 Å². The lowest BCUT2D eigenvalue weighted by Gasteiger charge is -1.89. The smallest absolute Gasteiger partial charge is 0.178 e. The second kappa shape index (κ2) is 4.04. The Hall–Kier alpha value is -1.95. The van der Waals surface area contributed by atoms with Crippen molar-refractivity contribution in [2.75, 3.05) is 0 Å². The van der Waals surface area contributed by atoms with Crippen LogP contribution in [0.15, 0.2) is 30.7 Å². The molecular weight excluding hydrogens is 150 g/mol. The summed E-state index contributed by atoms with van der Waals surface area (Å²) in [5.74, 6) is 0. The van der Waals surface area contributed by atoms with Gasteiger partial charge in [0.2, 0.25) is 0 Å². The Bertz CT molecular complexity index is 316. The Kier molecular flexibility index (Phi) is 2.74. The standard InChI is InChI=1S/C7H5N3.C2H2/c1-2-6-7(9-3-1)10-5-4-8-6;1-2/h1-5H;1-2H. The summed E-state index contributed by atoms with van der Waals surface area (Å²) in [7, 11) is 0. The molecule has 0 bridgehead atoms. The quantitative estimate of drug-likeness (QED) is 0.540. The molecular formula is C9H7N3. The lowest BCUT2D eigenvalue weighted by atomic mass is 10.4. The summed E-state index contributed by atoms with van der Waals surface area (Å²) >= 11 is 0. The molecule has 0 atom stereocenters. The lowest BCUT2D eigenvalue weighted by molar-refractivity contribution is 1.22. The molecule has 2 rings (SSSR count). The van der Waals surface area contributed by atoms with E-state index < -0.39 is 0 Å². The van der Waals surface area contributed by atoms with Crippen molar-refractivity contribution in [3.05, 3.63) is 30.7 Å². The SMILES string of the molecule is C#C.c1cnc2nccnc2c1. The second-order valence-corrected chi connectivity index (χ2v) is 1.90. The van der Waals surface area contributed by atoms with Gasteiger partial charge >= 0.3 is 0 Å². The first-order valence-corrected chi connectivity index (χ1v) is 3.32. The number of hydrogen-bond acceptors (Lipinski definition) is 3. The van der Waals surface area contributed by atoms with Gasteiger partial charge in [0.25, 0.3) is 0 Å². The topological polar surface area (TPSA) is 38.7 Å². The van der Waals surface area contributed by atoms with Crippen LogP contribution in [0.2, 0.25) is 0 Å². The number of rotatable bonds is 0. The first-order chi connectivity index (χ1) is 5.97. The van der Waals surface area contributed by atoms with Crippen LogP contribution in [0.25, 0.3) is 11.2 Å². The summed E-state index contributed by atoms with van der Waals surface area (Å²) in [6.07, 6.45) is 13.0. The van der Waals surface area contributed by atoms with Crippen LogP contribution in [0.4, 0.5) is 0 Å². The molecule has 3 heteroatoms. The van der Waals surface area contributed by atoms with Crippen LogP contribution >= 0.6 is 0 Å². The summed E-state index contributed by atoms with van der Waals surface area (Å²) in [5, 5.41) is 0. The van der Waals surface area contributed by atoms with E-state index in [1.54, 1.807) is 18.6 Å². The van der Waals surface area contributed by atoms with Gasteiger partial charge in [0.1, 0.15) is 5.52 Å². The van der Waals surface area contributed by atoms with E-state index in [0.717, 1.165) is 5.52 Å². The molecule has 0 aromatic carbocycles. The van der Waals surface area contributed by atoms with Gasteiger partial charge in [0.15, 0.2) is 5.65 Å². The molecule has 0 aliphatic carbocycles. The molecule has 0 amide bonds. The van der Waals surface area contributed by atoms with Gasteiger partial charge in [-0.05, 0) is 12.1 Å². The molecule has 0 saturated heterocycles. The predicted molar refractivity (Wildman–Crippen MR) is 47.2 cm³/mol. The molecule has 0 spiro atoms. The molecule has 58 valence electrons. The molecule has 0 unspecified atom stereocenters. The highest BCUT2D eigenvalue weighted by Gasteiger charge is 1.89. The number of hydrogen-bond donors (Lipinski definition) is 0. The molecule has 3 nitrogen and oxygen atoms in total. The van der Waals surface area contributed by atoms with Gasteiger partial charge in [-0.25, -0.2) is 9.97 Å². The molecule has 12 heavy (non-hydrogen) atoms. The van der Waals surface area contributed by atoms with Crippen molar-refractivity contribution in [2.45, 2.75) is 0 Å². The molecule has 0 N–H and O–H groups in total. The Labute approximate surface area is 70.5 Å². The predicted octanol–water partition coefficient (Wildman–Crippen LogP) is 1.27. The largest absolute Gasteiger partial charge is 0.251 e. The fourth-order valence-electron chi connectivity index (χ4n) is 0.806. The van der Waals surface area contributed by atoms with Crippen molar-refractivity contribution in [3.63, 3.8) is 0 Å². The van der Waals surface area contributed by atoms with E-state index in [0.29, 0.717) is 5.65 Å². The van der Waals surface area contributed by atoms with E-state index in [9.17, 15) is 0 Å². The van der Waals surface area contributed by atoms with Crippen LogP contribution in [0, 0.1) is 12.8 Å². The average Bonchev–Trinajstić information content (AvgIpc) is 2.21. The van der Waals surface area contributed by atoms with Gasteiger partial charge in [0, 0.05) is 18.6 Å². The third-order valence-corrected chi connectivity index (χ3v) is 1.24. The van der Waals surface area contributed by atoms with Crippen molar-refractivity contribution >= 4 is 11.2 Å². The summed E-state index contributed by atoms with van der Waals surface area (Å²) in [4.78, 5) is 12.1. The van der Waals surface area contributed by atoms with E-state index >= 15 is 0 Å². The molecule has 2 aromatic rings. The van der Waals surface area contributed by atoms with Crippen LogP contribution in [0.1, 0.15) is 0 Å². The zero-order valence-corrected chi connectivity index (χ0v) is 6.38. The highest BCUT2D eigenvalue weighted by atomic mass is 14.9. The van der Waals surface area contributed by atoms with Gasteiger partial charge in [-0.3, -0.25) is 4.98 Å². The van der Waals surface area contributed by atoms with Crippen LogP contribution in [0.3, 0.4) is 0 Å². The van der Waals surface area contributed by atoms with E-state index in [-0.39, 0.29) is 0 Å². The highest BCUT2D eigenvalue weighted by Crippen LogP contribution is 2.00. The zero-order valence-electron chi connectivity index (χ0n) is 6.38. The Morgan fingerprint density at radius 1 is 0.917 bits per heavy atom. The normalized spacial score (nSPS) is 8.50. The minimum Gasteiger partial charge on any atom is -0.251 e. The van der Waals surface area contributed by atoms with Gasteiger partial charge in [-0.15, -0.1) is 12.8 Å². The second-order valence-electron chi connectivity index (χ2n) is 1.90. The maximum atomic E-state index is 4.06. The highest BCUT2D eigenvalue weighted by molar-refractivity contribution is 5.67. The monoisotopic (exact) mass is 157 g/mol. The van der Waals surface area contributed by atoms with E-state index in [2.05, 4.69) is 27.8 Å². The molecule has 0 fully saturated rings. The molecule has 2 heterocycles. The molecule has 0 aliphatic rings. The van der Waals surface area contributed by atoms with Crippen molar-refractivity contribution in [2.24, 2.45) is 0 Å². The maximum absolute atomic E-state index is 4.06. The van der Waals surface area contributed by atoms with Crippen molar-refractivity contribution in [1.82, 2.24) is 15.0 Å². The molecule has 0 radical (unpaired) electrons. The fourth-order valence-corrected chi connectivity index (χ4v) is 0.806. The first-order valence-electron chi connectivity index (χ1n) is 3.32. The first kappa shape index (κ1) is 8.15. The Balaban J connectivity index is 0.000000336. The summed E-state index contributed by atoms with van der Waals surface area (Å²) in [6.45, 7) is 0. The van der Waals surface area contributed by atoms with Crippen molar-refractivity contribution in [1.29, 1.82) is 0 Å². The average molecular weight is 157 g/mol. The maximum Gasteiger partial charge on any atom is 0.178 e. The summed E-state index contributed by atoms with van der Waals surface area (Å²) < 4.78 is 0. The van der Waals surface area contributed by atoms with E-state index in [1.165, 1.54) is 0 Å². The molecule has 0 aliphatic heterocycles. The number of terminal acetylenes is 1. The van der Waals surface area contributed by atoms with E-state index in [1.807, 2.05) is 12.1 Å². The van der Waals surface area contributed by atoms with Gasteiger partial charge in [-0.2, -0.15) is 0 Å². The number of nitrogens with zero attached hydrogens (tertiary/aromatic N) is 3. The van der Waals surface area contributed by atoms with E-state index in [4.69, 9.17) is 0 Å². The number of aromatic nitrogens is 3. The van der Waals surface area contributed by atoms with Gasteiger partial charge in [0.05, 0.1) is 0 Å². The molecule has 2 aromatic heterocycles. The van der Waals surface area contributed by atoms with Gasteiger partial charge in [-0.1, -0.05) is 0 Å². The summed E-state index contributed by atoms with van der Waals surface area (Å²) in [5.41, 5.74) is 1.54. The van der Waals surface area contributed by atoms with Gasteiger partial charge < -0.3 is 0 Å². The number of fused-ring (bicyclic) bond motifs is 1. The van der Waals surface area contributed by atoms with Crippen molar-refractivity contribution in [3.8, 4) is 12.8 Å². The number of pyridine rings is 1.